The van der Waals surface area contributed by atoms with Gasteiger partial charge in [0.25, 0.3) is 5.91 Å². The van der Waals surface area contributed by atoms with Crippen molar-refractivity contribution in [1.29, 1.82) is 0 Å². The molecule has 2 aromatic carbocycles. The number of benzene rings is 2. The maximum atomic E-state index is 13.6. The van der Waals surface area contributed by atoms with Gasteiger partial charge in [-0.25, -0.2) is 4.39 Å². The minimum Gasteiger partial charge on any atom is -0.496 e. The number of halogens is 1. The summed E-state index contributed by atoms with van der Waals surface area (Å²) in [6.45, 7) is 7.94. The molecule has 0 spiro atoms. The van der Waals surface area contributed by atoms with E-state index in [1.54, 1.807) is 13.2 Å². The van der Waals surface area contributed by atoms with E-state index in [1.807, 2.05) is 43.0 Å². The summed E-state index contributed by atoms with van der Waals surface area (Å²) >= 11 is 0. The molecule has 0 aromatic heterocycles. The highest BCUT2D eigenvalue weighted by molar-refractivity contribution is 5.94. The van der Waals surface area contributed by atoms with Gasteiger partial charge in [-0.05, 0) is 49.7 Å². The van der Waals surface area contributed by atoms with Crippen LogP contribution in [0.4, 0.5) is 4.39 Å². The van der Waals surface area contributed by atoms with E-state index >= 15 is 0 Å². The van der Waals surface area contributed by atoms with Crippen LogP contribution in [0.5, 0.6) is 5.75 Å². The van der Waals surface area contributed by atoms with Crippen LogP contribution < -0.4 is 4.74 Å². The number of nitrogens with zero attached hydrogens (tertiary/aromatic N) is 2. The zero-order chi connectivity index (χ0) is 20.8. The molecule has 5 nitrogen and oxygen atoms in total. The second-order valence-corrected chi connectivity index (χ2v) is 7.58. The highest BCUT2D eigenvalue weighted by Crippen LogP contribution is 2.22. The molecule has 0 N–H and O–H groups in total. The molecule has 0 unspecified atom stereocenters. The number of piperazine rings is 1. The lowest BCUT2D eigenvalue weighted by molar-refractivity contribution is 0.0623. The van der Waals surface area contributed by atoms with E-state index < -0.39 is 0 Å². The average Bonchev–Trinajstić information content (AvgIpc) is 2.73. The molecular weight excluding hydrogens is 371 g/mol. The molecule has 0 bridgehead atoms. The summed E-state index contributed by atoms with van der Waals surface area (Å²) in [5, 5.41) is 0. The van der Waals surface area contributed by atoms with Gasteiger partial charge in [0.15, 0.2) is 0 Å². The maximum absolute atomic E-state index is 13.6. The van der Waals surface area contributed by atoms with Crippen molar-refractivity contribution >= 4 is 5.91 Å². The third kappa shape index (κ3) is 5.78. The topological polar surface area (TPSA) is 42.0 Å². The largest absolute Gasteiger partial charge is 0.496 e. The van der Waals surface area contributed by atoms with Crippen LogP contribution in [0.3, 0.4) is 0 Å². The third-order valence-corrected chi connectivity index (χ3v) is 5.08. The molecule has 0 saturated carbocycles. The number of ether oxygens (including phenoxy) is 2. The molecule has 1 amide bonds. The first kappa shape index (κ1) is 21.3. The number of hydrogen-bond donors (Lipinski definition) is 0. The van der Waals surface area contributed by atoms with Crippen LogP contribution in [0, 0.1) is 5.82 Å². The van der Waals surface area contributed by atoms with Gasteiger partial charge in [0, 0.05) is 43.9 Å². The van der Waals surface area contributed by atoms with Crippen molar-refractivity contribution in [1.82, 2.24) is 9.80 Å². The fourth-order valence-corrected chi connectivity index (χ4v) is 3.41. The van der Waals surface area contributed by atoms with E-state index in [9.17, 15) is 9.18 Å². The Labute approximate surface area is 172 Å². The van der Waals surface area contributed by atoms with Crippen molar-refractivity contribution in [3.63, 3.8) is 0 Å². The summed E-state index contributed by atoms with van der Waals surface area (Å²) < 4.78 is 24.5. The Bertz CT molecular complexity index is 815. The Balaban J connectivity index is 1.54. The van der Waals surface area contributed by atoms with Gasteiger partial charge >= 0.3 is 0 Å². The number of rotatable bonds is 7. The smallest absolute Gasteiger partial charge is 0.253 e. The number of amides is 1. The first-order valence-electron chi connectivity index (χ1n) is 10.0. The van der Waals surface area contributed by atoms with Crippen molar-refractivity contribution in [2.45, 2.75) is 33.1 Å². The standard InChI is InChI=1S/C23H29FN2O3/c1-17(2)29-16-18-4-6-19(7-5-18)23(27)26-12-10-25(11-13-26)15-20-14-21(24)8-9-22(20)28-3/h4-9,14,17H,10-13,15-16H2,1-3H3. The summed E-state index contributed by atoms with van der Waals surface area (Å²) in [7, 11) is 1.59. The Morgan fingerprint density at radius 1 is 1.07 bits per heavy atom. The molecular formula is C23H29FN2O3. The minimum absolute atomic E-state index is 0.0457. The number of methoxy groups -OCH3 is 1. The normalized spacial score (nSPS) is 15.0. The predicted octanol–water partition coefficient (Wildman–Crippen LogP) is 3.72. The quantitative estimate of drug-likeness (QED) is 0.711. The van der Waals surface area contributed by atoms with Gasteiger partial charge in [-0.2, -0.15) is 0 Å². The molecule has 1 aliphatic heterocycles. The minimum atomic E-state index is -0.267. The Kier molecular flexibility index (Phi) is 7.23. The van der Waals surface area contributed by atoms with Gasteiger partial charge in [0.05, 0.1) is 19.8 Å². The molecule has 29 heavy (non-hydrogen) atoms. The third-order valence-electron chi connectivity index (χ3n) is 5.08. The lowest BCUT2D eigenvalue weighted by Crippen LogP contribution is -2.48. The van der Waals surface area contributed by atoms with Gasteiger partial charge in [0.1, 0.15) is 11.6 Å². The second-order valence-electron chi connectivity index (χ2n) is 7.58. The maximum Gasteiger partial charge on any atom is 0.253 e. The van der Waals surface area contributed by atoms with Crippen LogP contribution in [-0.4, -0.2) is 55.1 Å². The van der Waals surface area contributed by atoms with Crippen LogP contribution >= 0.6 is 0 Å². The molecule has 0 aliphatic carbocycles. The van der Waals surface area contributed by atoms with Gasteiger partial charge in [-0.1, -0.05) is 12.1 Å². The molecule has 156 valence electrons. The summed E-state index contributed by atoms with van der Waals surface area (Å²) in [5.41, 5.74) is 2.58. The second kappa shape index (κ2) is 9.85. The van der Waals surface area contributed by atoms with Gasteiger partial charge in [0.2, 0.25) is 0 Å². The fraction of sp³-hybridized carbons (Fsp3) is 0.435. The van der Waals surface area contributed by atoms with Crippen LogP contribution in [0.15, 0.2) is 42.5 Å². The first-order valence-corrected chi connectivity index (χ1v) is 10.0. The van der Waals surface area contributed by atoms with E-state index in [0.717, 1.165) is 24.2 Å². The van der Waals surface area contributed by atoms with E-state index in [4.69, 9.17) is 9.47 Å². The Morgan fingerprint density at radius 2 is 1.76 bits per heavy atom. The fourth-order valence-electron chi connectivity index (χ4n) is 3.41. The zero-order valence-corrected chi connectivity index (χ0v) is 17.4. The van der Waals surface area contributed by atoms with Crippen molar-refractivity contribution in [2.24, 2.45) is 0 Å². The highest BCUT2D eigenvalue weighted by Gasteiger charge is 2.23. The predicted molar refractivity (Wildman–Crippen MR) is 110 cm³/mol. The van der Waals surface area contributed by atoms with Crippen molar-refractivity contribution < 1.29 is 18.7 Å². The summed E-state index contributed by atoms with van der Waals surface area (Å²) in [6, 6.07) is 12.2. The number of hydrogen-bond acceptors (Lipinski definition) is 4. The SMILES string of the molecule is COc1ccc(F)cc1CN1CCN(C(=O)c2ccc(COC(C)C)cc2)CC1. The summed E-state index contributed by atoms with van der Waals surface area (Å²) in [5.74, 6) is 0.465. The zero-order valence-electron chi connectivity index (χ0n) is 17.4. The van der Waals surface area contributed by atoms with Gasteiger partial charge in [-0.3, -0.25) is 9.69 Å². The molecule has 1 fully saturated rings. The van der Waals surface area contributed by atoms with E-state index in [1.165, 1.54) is 12.1 Å². The van der Waals surface area contributed by atoms with E-state index in [0.29, 0.717) is 37.6 Å². The summed E-state index contributed by atoms with van der Waals surface area (Å²) in [4.78, 5) is 16.9. The number of carbonyl (C=O) groups excluding carboxylic acids is 1. The molecule has 0 radical (unpaired) electrons. The van der Waals surface area contributed by atoms with Gasteiger partial charge < -0.3 is 14.4 Å². The van der Waals surface area contributed by atoms with E-state index in [-0.39, 0.29) is 17.8 Å². The van der Waals surface area contributed by atoms with Crippen LogP contribution in [0.1, 0.15) is 35.3 Å². The van der Waals surface area contributed by atoms with Crippen molar-refractivity contribution in [3.8, 4) is 5.75 Å². The van der Waals surface area contributed by atoms with E-state index in [2.05, 4.69) is 4.90 Å². The monoisotopic (exact) mass is 400 g/mol. The van der Waals surface area contributed by atoms with Crippen LogP contribution in [0.25, 0.3) is 0 Å². The Hall–Kier alpha value is -2.44. The highest BCUT2D eigenvalue weighted by atomic mass is 19.1. The first-order chi connectivity index (χ1) is 14.0. The lowest BCUT2D eigenvalue weighted by Gasteiger charge is -2.35. The van der Waals surface area contributed by atoms with Crippen molar-refractivity contribution in [3.05, 3.63) is 65.0 Å². The summed E-state index contributed by atoms with van der Waals surface area (Å²) in [6.07, 6.45) is 0.181. The average molecular weight is 400 g/mol. The van der Waals surface area contributed by atoms with Gasteiger partial charge in [-0.15, -0.1) is 0 Å². The molecule has 3 rings (SSSR count). The van der Waals surface area contributed by atoms with Crippen molar-refractivity contribution in [2.75, 3.05) is 33.3 Å². The Morgan fingerprint density at radius 3 is 2.38 bits per heavy atom. The molecule has 1 saturated heterocycles. The molecule has 2 aromatic rings. The molecule has 1 aliphatic rings. The van der Waals surface area contributed by atoms with Crippen LogP contribution in [0.2, 0.25) is 0 Å². The molecule has 1 heterocycles. The molecule has 0 atom stereocenters. The molecule has 6 heteroatoms. The lowest BCUT2D eigenvalue weighted by atomic mass is 10.1. The van der Waals surface area contributed by atoms with Crippen LogP contribution in [-0.2, 0) is 17.9 Å². The number of carbonyl (C=O) groups is 1.